The second kappa shape index (κ2) is 5.80. The molecule has 0 radical (unpaired) electrons. The van der Waals surface area contributed by atoms with Crippen LogP contribution in [0.5, 0.6) is 0 Å². The van der Waals surface area contributed by atoms with Crippen LogP contribution in [0.4, 0.5) is 5.69 Å². The number of benzene rings is 1. The summed E-state index contributed by atoms with van der Waals surface area (Å²) < 4.78 is 26.4. The number of anilines is 1. The first kappa shape index (κ1) is 14.8. The van der Waals surface area contributed by atoms with Crippen molar-refractivity contribution >= 4 is 21.6 Å². The van der Waals surface area contributed by atoms with E-state index < -0.39 is 16.1 Å². The van der Waals surface area contributed by atoms with Gasteiger partial charge < -0.3 is 11.1 Å². The van der Waals surface area contributed by atoms with E-state index in [9.17, 15) is 13.2 Å². The molecule has 2 rings (SSSR count). The Kier molecular flexibility index (Phi) is 4.29. The largest absolute Gasteiger partial charge is 0.398 e. The molecule has 0 saturated heterocycles. The number of hydrogen-bond acceptors (Lipinski definition) is 4. The lowest BCUT2D eigenvalue weighted by Gasteiger charge is -2.14. The number of nitrogen functional groups attached to an aromatic ring is 1. The Balaban J connectivity index is 1.96. The van der Waals surface area contributed by atoms with Gasteiger partial charge in [-0.15, -0.1) is 0 Å². The number of nitrogens with two attached hydrogens (primary N) is 1. The second-order valence-electron chi connectivity index (χ2n) is 5.08. The molecule has 0 aromatic heterocycles. The topological polar surface area (TPSA) is 101 Å². The fourth-order valence-corrected chi connectivity index (χ4v) is 3.19. The van der Waals surface area contributed by atoms with E-state index in [0.29, 0.717) is 11.3 Å². The number of rotatable bonds is 6. The standard InChI is InChI=1S/C13H19N3O3S/c1-9(13(17)15-11-6-7-11)16-20(18,19)8-10-4-2-3-5-12(10)14/h2-5,9,11,16H,6-8,14H2,1H3,(H,15,17). The van der Waals surface area contributed by atoms with Gasteiger partial charge in [0.25, 0.3) is 0 Å². The molecular formula is C13H19N3O3S. The van der Waals surface area contributed by atoms with Gasteiger partial charge in [0.2, 0.25) is 15.9 Å². The number of carbonyl (C=O) groups is 1. The van der Waals surface area contributed by atoms with Gasteiger partial charge in [0.05, 0.1) is 11.8 Å². The maximum atomic E-state index is 12.0. The minimum absolute atomic E-state index is 0.208. The van der Waals surface area contributed by atoms with Crippen LogP contribution < -0.4 is 15.8 Å². The van der Waals surface area contributed by atoms with Crippen LogP contribution in [-0.2, 0) is 20.6 Å². The molecule has 6 nitrogen and oxygen atoms in total. The molecule has 1 unspecified atom stereocenters. The smallest absolute Gasteiger partial charge is 0.238 e. The molecule has 0 spiro atoms. The highest BCUT2D eigenvalue weighted by Gasteiger charge is 2.27. The third-order valence-electron chi connectivity index (χ3n) is 3.07. The minimum Gasteiger partial charge on any atom is -0.398 e. The second-order valence-corrected chi connectivity index (χ2v) is 6.83. The Morgan fingerprint density at radius 1 is 1.40 bits per heavy atom. The Morgan fingerprint density at radius 3 is 2.65 bits per heavy atom. The van der Waals surface area contributed by atoms with Gasteiger partial charge in [-0.05, 0) is 31.4 Å². The molecule has 1 aromatic carbocycles. The summed E-state index contributed by atoms with van der Waals surface area (Å²) in [6, 6.07) is 6.19. The summed E-state index contributed by atoms with van der Waals surface area (Å²) in [5.74, 6) is -0.530. The van der Waals surface area contributed by atoms with Crippen molar-refractivity contribution in [2.24, 2.45) is 0 Å². The average molecular weight is 297 g/mol. The van der Waals surface area contributed by atoms with Crippen LogP contribution >= 0.6 is 0 Å². The molecule has 0 aliphatic heterocycles. The molecular weight excluding hydrogens is 278 g/mol. The van der Waals surface area contributed by atoms with Gasteiger partial charge in [-0.25, -0.2) is 13.1 Å². The van der Waals surface area contributed by atoms with Crippen molar-refractivity contribution in [3.8, 4) is 0 Å². The number of carbonyl (C=O) groups excluding carboxylic acids is 1. The lowest BCUT2D eigenvalue weighted by Crippen LogP contribution is -2.45. The van der Waals surface area contributed by atoms with Crippen LogP contribution in [0, 0.1) is 0 Å². The number of nitrogens with one attached hydrogen (secondary N) is 2. The van der Waals surface area contributed by atoms with E-state index in [2.05, 4.69) is 10.0 Å². The zero-order chi connectivity index (χ0) is 14.8. The fourth-order valence-electron chi connectivity index (χ4n) is 1.79. The van der Waals surface area contributed by atoms with Crippen molar-refractivity contribution in [3.63, 3.8) is 0 Å². The molecule has 1 aliphatic rings. The van der Waals surface area contributed by atoms with E-state index in [-0.39, 0.29) is 17.7 Å². The predicted molar refractivity (Wildman–Crippen MR) is 77.2 cm³/mol. The van der Waals surface area contributed by atoms with Crippen LogP contribution in [0.1, 0.15) is 25.3 Å². The van der Waals surface area contributed by atoms with Crippen molar-refractivity contribution in [3.05, 3.63) is 29.8 Å². The molecule has 1 aliphatic carbocycles. The first-order valence-electron chi connectivity index (χ1n) is 6.51. The van der Waals surface area contributed by atoms with Crippen LogP contribution in [-0.4, -0.2) is 26.4 Å². The molecule has 0 heterocycles. The van der Waals surface area contributed by atoms with E-state index in [4.69, 9.17) is 5.73 Å². The Hall–Kier alpha value is -1.60. The summed E-state index contributed by atoms with van der Waals surface area (Å²) >= 11 is 0. The maximum Gasteiger partial charge on any atom is 0.238 e. The molecule has 110 valence electrons. The van der Waals surface area contributed by atoms with Crippen molar-refractivity contribution in [2.45, 2.75) is 37.6 Å². The summed E-state index contributed by atoms with van der Waals surface area (Å²) in [6.07, 6.45) is 1.93. The maximum absolute atomic E-state index is 12.0. The monoisotopic (exact) mass is 297 g/mol. The van der Waals surface area contributed by atoms with Gasteiger partial charge in [0, 0.05) is 11.7 Å². The first-order chi connectivity index (χ1) is 9.37. The van der Waals surface area contributed by atoms with Crippen molar-refractivity contribution in [2.75, 3.05) is 5.73 Å². The quantitative estimate of drug-likeness (QED) is 0.660. The molecule has 1 aromatic rings. The fraction of sp³-hybridized carbons (Fsp3) is 0.462. The number of sulfonamides is 1. The Labute approximate surface area is 118 Å². The van der Waals surface area contributed by atoms with Crippen molar-refractivity contribution in [1.29, 1.82) is 0 Å². The third-order valence-corrected chi connectivity index (χ3v) is 4.48. The summed E-state index contributed by atoms with van der Waals surface area (Å²) in [4.78, 5) is 11.7. The summed E-state index contributed by atoms with van der Waals surface area (Å²) in [6.45, 7) is 1.53. The molecule has 1 fully saturated rings. The molecule has 4 N–H and O–H groups in total. The zero-order valence-electron chi connectivity index (χ0n) is 11.3. The van der Waals surface area contributed by atoms with E-state index in [1.54, 1.807) is 24.3 Å². The lowest BCUT2D eigenvalue weighted by atomic mass is 10.2. The summed E-state index contributed by atoms with van der Waals surface area (Å²) in [5.41, 5.74) is 6.67. The van der Waals surface area contributed by atoms with Gasteiger partial charge in [0.15, 0.2) is 0 Å². The van der Waals surface area contributed by atoms with Gasteiger partial charge in [-0.3, -0.25) is 4.79 Å². The van der Waals surface area contributed by atoms with E-state index in [0.717, 1.165) is 12.8 Å². The lowest BCUT2D eigenvalue weighted by molar-refractivity contribution is -0.122. The van der Waals surface area contributed by atoms with Crippen LogP contribution in [0.15, 0.2) is 24.3 Å². The molecule has 1 atom stereocenters. The first-order valence-corrected chi connectivity index (χ1v) is 8.16. The molecule has 0 bridgehead atoms. The number of para-hydroxylation sites is 1. The van der Waals surface area contributed by atoms with Gasteiger partial charge in [0.1, 0.15) is 0 Å². The van der Waals surface area contributed by atoms with E-state index in [1.165, 1.54) is 6.92 Å². The molecule has 1 amide bonds. The predicted octanol–water partition coefficient (Wildman–Crippen LogP) is 0.355. The Bertz CT molecular complexity index is 597. The molecule has 20 heavy (non-hydrogen) atoms. The normalized spacial score (nSPS) is 16.6. The van der Waals surface area contributed by atoms with E-state index in [1.807, 2.05) is 0 Å². The summed E-state index contributed by atoms with van der Waals surface area (Å²) in [7, 11) is -3.61. The van der Waals surface area contributed by atoms with Crippen LogP contribution in [0.3, 0.4) is 0 Å². The highest BCUT2D eigenvalue weighted by Crippen LogP contribution is 2.18. The van der Waals surface area contributed by atoms with Gasteiger partial charge in [-0.2, -0.15) is 0 Å². The van der Waals surface area contributed by atoms with Gasteiger partial charge in [-0.1, -0.05) is 18.2 Å². The Morgan fingerprint density at radius 2 is 2.05 bits per heavy atom. The number of amides is 1. The summed E-state index contributed by atoms with van der Waals surface area (Å²) in [5, 5.41) is 2.76. The van der Waals surface area contributed by atoms with E-state index >= 15 is 0 Å². The van der Waals surface area contributed by atoms with Gasteiger partial charge >= 0.3 is 0 Å². The molecule has 7 heteroatoms. The zero-order valence-corrected chi connectivity index (χ0v) is 12.1. The highest BCUT2D eigenvalue weighted by atomic mass is 32.2. The highest BCUT2D eigenvalue weighted by molar-refractivity contribution is 7.88. The van der Waals surface area contributed by atoms with Crippen molar-refractivity contribution in [1.82, 2.24) is 10.0 Å². The average Bonchev–Trinajstić information content (AvgIpc) is 3.15. The van der Waals surface area contributed by atoms with Crippen LogP contribution in [0.25, 0.3) is 0 Å². The van der Waals surface area contributed by atoms with Crippen LogP contribution in [0.2, 0.25) is 0 Å². The third kappa shape index (κ3) is 4.21. The SMILES string of the molecule is CC(NS(=O)(=O)Cc1ccccc1N)C(=O)NC1CC1. The van der Waals surface area contributed by atoms with Crippen molar-refractivity contribution < 1.29 is 13.2 Å². The minimum atomic E-state index is -3.61. The molecule has 1 saturated carbocycles. The number of hydrogen-bond donors (Lipinski definition) is 3.